The maximum Gasteiger partial charge on any atom is 0.345 e. The number of hydrogen-bond acceptors (Lipinski definition) is 7. The number of esters is 1. The first-order chi connectivity index (χ1) is 9.93. The summed E-state index contributed by atoms with van der Waals surface area (Å²) in [6.45, 7) is 0.796. The van der Waals surface area contributed by atoms with Gasteiger partial charge in [-0.15, -0.1) is 0 Å². The maximum absolute atomic E-state index is 11.9. The van der Waals surface area contributed by atoms with Crippen LogP contribution >= 0.6 is 0 Å². The second-order valence-electron chi connectivity index (χ2n) is 4.98. The lowest BCUT2D eigenvalue weighted by Gasteiger charge is -2.31. The van der Waals surface area contributed by atoms with E-state index in [2.05, 4.69) is 5.10 Å². The van der Waals surface area contributed by atoms with Gasteiger partial charge in [-0.2, -0.15) is 5.10 Å². The van der Waals surface area contributed by atoms with Gasteiger partial charge in [0.15, 0.2) is 5.82 Å². The second-order valence-corrected chi connectivity index (χ2v) is 4.98. The minimum absolute atomic E-state index is 0.0154. The third-order valence-corrected chi connectivity index (χ3v) is 3.41. The summed E-state index contributed by atoms with van der Waals surface area (Å²) < 4.78 is 5.80. The number of carboxylic acids is 1. The molecule has 0 amide bonds. The Morgan fingerprint density at radius 3 is 2.81 bits per heavy atom. The second kappa shape index (κ2) is 6.00. The van der Waals surface area contributed by atoms with Crippen LogP contribution in [-0.2, 0) is 16.1 Å². The molecule has 9 heteroatoms. The van der Waals surface area contributed by atoms with Crippen LogP contribution in [0, 0.1) is 0 Å². The summed E-state index contributed by atoms with van der Waals surface area (Å²) in [5.41, 5.74) is 11.9. The zero-order valence-corrected chi connectivity index (χ0v) is 11.8. The molecule has 1 aromatic heterocycles. The third kappa shape index (κ3) is 3.07. The van der Waals surface area contributed by atoms with Gasteiger partial charge in [-0.05, 0) is 12.8 Å². The molecule has 0 spiro atoms. The van der Waals surface area contributed by atoms with Gasteiger partial charge in [0, 0.05) is 19.1 Å². The topological polar surface area (TPSA) is 137 Å². The number of hydrogen-bond donors (Lipinski definition) is 3. The van der Waals surface area contributed by atoms with Crippen LogP contribution in [0.2, 0.25) is 0 Å². The molecule has 0 radical (unpaired) electrons. The quantitative estimate of drug-likeness (QED) is 0.618. The van der Waals surface area contributed by atoms with Crippen LogP contribution in [-0.4, -0.2) is 53.1 Å². The predicted molar refractivity (Wildman–Crippen MR) is 75.0 cm³/mol. The van der Waals surface area contributed by atoms with Gasteiger partial charge in [0.1, 0.15) is 17.9 Å². The summed E-state index contributed by atoms with van der Waals surface area (Å²) in [5.74, 6) is -1.42. The molecule has 0 bridgehead atoms. The third-order valence-electron chi connectivity index (χ3n) is 3.41. The standard InChI is InChI=1S/C12H19N5O4/c1-21-12(20)9-10(14)17(6-8(18)19)15-11(9)16-4-2-3-7(13)5-16/h7H,2-6,13-14H2,1H3,(H,18,19). The normalized spacial score (nSPS) is 18.6. The van der Waals surface area contributed by atoms with Crippen LogP contribution in [0.1, 0.15) is 23.2 Å². The van der Waals surface area contributed by atoms with Gasteiger partial charge < -0.3 is 26.2 Å². The molecule has 1 aliphatic heterocycles. The zero-order chi connectivity index (χ0) is 15.6. The Hall–Kier alpha value is -2.29. The number of rotatable bonds is 4. The summed E-state index contributed by atoms with van der Waals surface area (Å²) in [7, 11) is 1.24. The first kappa shape index (κ1) is 15.1. The van der Waals surface area contributed by atoms with Crippen LogP contribution in [0.4, 0.5) is 11.6 Å². The number of nitrogens with zero attached hydrogens (tertiary/aromatic N) is 3. The fraction of sp³-hybridized carbons (Fsp3) is 0.583. The van der Waals surface area contributed by atoms with E-state index >= 15 is 0 Å². The maximum atomic E-state index is 11.9. The summed E-state index contributed by atoms with van der Waals surface area (Å²) in [6.07, 6.45) is 1.77. The number of anilines is 2. The lowest BCUT2D eigenvalue weighted by Crippen LogP contribution is -2.43. The average Bonchev–Trinajstić information content (AvgIpc) is 2.75. The van der Waals surface area contributed by atoms with Gasteiger partial charge in [-0.25, -0.2) is 9.48 Å². The molecule has 2 heterocycles. The van der Waals surface area contributed by atoms with Gasteiger partial charge in [0.25, 0.3) is 0 Å². The number of piperidine rings is 1. The van der Waals surface area contributed by atoms with Crippen molar-refractivity contribution >= 4 is 23.6 Å². The SMILES string of the molecule is COC(=O)c1c(N2CCCC(N)C2)nn(CC(=O)O)c1N. The molecule has 2 rings (SSSR count). The van der Waals surface area contributed by atoms with Crippen LogP contribution in [0.25, 0.3) is 0 Å². The minimum atomic E-state index is -1.09. The molecule has 5 N–H and O–H groups in total. The van der Waals surface area contributed by atoms with Crippen LogP contribution < -0.4 is 16.4 Å². The number of ether oxygens (including phenoxy) is 1. The smallest absolute Gasteiger partial charge is 0.345 e. The molecule has 0 saturated carbocycles. The summed E-state index contributed by atoms with van der Waals surface area (Å²) in [5, 5.41) is 13.0. The fourth-order valence-electron chi connectivity index (χ4n) is 2.43. The predicted octanol–water partition coefficient (Wildman–Crippen LogP) is -0.736. The van der Waals surface area contributed by atoms with E-state index in [1.807, 2.05) is 4.90 Å². The lowest BCUT2D eigenvalue weighted by molar-refractivity contribution is -0.137. The number of aliphatic carboxylic acids is 1. The molecule has 116 valence electrons. The lowest BCUT2D eigenvalue weighted by atomic mass is 10.1. The van der Waals surface area contributed by atoms with Gasteiger partial charge in [-0.3, -0.25) is 4.79 Å². The molecule has 9 nitrogen and oxygen atoms in total. The number of nitrogens with two attached hydrogens (primary N) is 2. The minimum Gasteiger partial charge on any atom is -0.480 e. The number of carboxylic acid groups (broad SMARTS) is 1. The monoisotopic (exact) mass is 297 g/mol. The molecule has 0 aliphatic carbocycles. The van der Waals surface area contributed by atoms with E-state index < -0.39 is 18.5 Å². The van der Waals surface area contributed by atoms with Crippen molar-refractivity contribution < 1.29 is 19.4 Å². The number of methoxy groups -OCH3 is 1. The Morgan fingerprint density at radius 1 is 1.52 bits per heavy atom. The molecule has 1 saturated heterocycles. The van der Waals surface area contributed by atoms with Crippen molar-refractivity contribution in [1.82, 2.24) is 9.78 Å². The van der Waals surface area contributed by atoms with Gasteiger partial charge >= 0.3 is 11.9 Å². The Labute approximate surface area is 121 Å². The summed E-state index contributed by atoms with van der Waals surface area (Å²) >= 11 is 0. The Kier molecular flexibility index (Phi) is 4.32. The Bertz CT molecular complexity index is 556. The van der Waals surface area contributed by atoms with Crippen molar-refractivity contribution in [2.24, 2.45) is 5.73 Å². The van der Waals surface area contributed by atoms with Gasteiger partial charge in [-0.1, -0.05) is 0 Å². The van der Waals surface area contributed by atoms with E-state index in [0.717, 1.165) is 17.5 Å². The van der Waals surface area contributed by atoms with Crippen molar-refractivity contribution in [2.45, 2.75) is 25.4 Å². The molecule has 1 aliphatic rings. The van der Waals surface area contributed by atoms with E-state index in [1.165, 1.54) is 7.11 Å². The van der Waals surface area contributed by atoms with Crippen LogP contribution in [0.15, 0.2) is 0 Å². The fourth-order valence-corrected chi connectivity index (χ4v) is 2.43. The number of carbonyl (C=O) groups is 2. The molecule has 0 aromatic carbocycles. The molecule has 1 unspecified atom stereocenters. The highest BCUT2D eigenvalue weighted by Gasteiger charge is 2.29. The molecule has 1 aromatic rings. The van der Waals surface area contributed by atoms with Crippen molar-refractivity contribution in [1.29, 1.82) is 0 Å². The van der Waals surface area contributed by atoms with Gasteiger partial charge in [0.2, 0.25) is 0 Å². The van der Waals surface area contributed by atoms with Crippen molar-refractivity contribution in [2.75, 3.05) is 30.8 Å². The van der Waals surface area contributed by atoms with Crippen LogP contribution in [0.5, 0.6) is 0 Å². The Balaban J connectivity index is 2.42. The first-order valence-electron chi connectivity index (χ1n) is 6.61. The molecular formula is C12H19N5O4. The molecule has 1 fully saturated rings. The summed E-state index contributed by atoms with van der Waals surface area (Å²) in [6, 6.07) is -0.0184. The molecular weight excluding hydrogens is 278 g/mol. The van der Waals surface area contributed by atoms with E-state index in [-0.39, 0.29) is 17.4 Å². The number of nitrogen functional groups attached to an aromatic ring is 1. The summed E-state index contributed by atoms with van der Waals surface area (Å²) in [4.78, 5) is 24.6. The average molecular weight is 297 g/mol. The van der Waals surface area contributed by atoms with Crippen molar-refractivity contribution in [3.63, 3.8) is 0 Å². The highest BCUT2D eigenvalue weighted by molar-refractivity contribution is 6.00. The van der Waals surface area contributed by atoms with E-state index in [9.17, 15) is 9.59 Å². The molecule has 21 heavy (non-hydrogen) atoms. The number of carbonyl (C=O) groups excluding carboxylic acids is 1. The molecule has 1 atom stereocenters. The van der Waals surface area contributed by atoms with Crippen molar-refractivity contribution in [3.8, 4) is 0 Å². The number of aromatic nitrogens is 2. The van der Waals surface area contributed by atoms with E-state index in [0.29, 0.717) is 18.9 Å². The zero-order valence-electron chi connectivity index (χ0n) is 11.8. The largest absolute Gasteiger partial charge is 0.480 e. The van der Waals surface area contributed by atoms with Crippen molar-refractivity contribution in [3.05, 3.63) is 5.56 Å². The van der Waals surface area contributed by atoms with Crippen LogP contribution in [0.3, 0.4) is 0 Å². The highest BCUT2D eigenvalue weighted by atomic mass is 16.5. The van der Waals surface area contributed by atoms with E-state index in [4.69, 9.17) is 21.3 Å². The first-order valence-corrected chi connectivity index (χ1v) is 6.61. The highest BCUT2D eigenvalue weighted by Crippen LogP contribution is 2.28. The van der Waals surface area contributed by atoms with E-state index in [1.54, 1.807) is 0 Å². The Morgan fingerprint density at radius 2 is 2.24 bits per heavy atom. The van der Waals surface area contributed by atoms with Gasteiger partial charge in [0.05, 0.1) is 7.11 Å².